The summed E-state index contributed by atoms with van der Waals surface area (Å²) >= 11 is 0. The lowest BCUT2D eigenvalue weighted by Gasteiger charge is -2.21. The van der Waals surface area contributed by atoms with Crippen LogP contribution in [-0.4, -0.2) is 29.8 Å². The van der Waals surface area contributed by atoms with Gasteiger partial charge in [0, 0.05) is 24.6 Å². The van der Waals surface area contributed by atoms with Crippen molar-refractivity contribution in [3.8, 4) is 0 Å². The quantitative estimate of drug-likeness (QED) is 0.779. The van der Waals surface area contributed by atoms with E-state index in [9.17, 15) is 14.0 Å². The van der Waals surface area contributed by atoms with Gasteiger partial charge in [-0.3, -0.25) is 9.59 Å². The second-order valence-corrected chi connectivity index (χ2v) is 5.15. The molecule has 1 aliphatic carbocycles. The number of hydrogen-bond donors (Lipinski definition) is 1. The maximum atomic E-state index is 13.6. The van der Waals surface area contributed by atoms with Crippen molar-refractivity contribution in [3.63, 3.8) is 0 Å². The van der Waals surface area contributed by atoms with Gasteiger partial charge in [-0.25, -0.2) is 4.39 Å². The molecule has 1 aromatic rings. The van der Waals surface area contributed by atoms with Crippen LogP contribution in [0.5, 0.6) is 0 Å². The van der Waals surface area contributed by atoms with Crippen LogP contribution in [0.1, 0.15) is 18.4 Å². The van der Waals surface area contributed by atoms with Gasteiger partial charge in [-0.05, 0) is 18.9 Å². The lowest BCUT2D eigenvalue weighted by Crippen LogP contribution is -2.40. The van der Waals surface area contributed by atoms with Crippen LogP contribution in [0.15, 0.2) is 36.9 Å². The Balaban J connectivity index is 1.93. The summed E-state index contributed by atoms with van der Waals surface area (Å²) in [6, 6.07) is 6.33. The zero-order valence-electron chi connectivity index (χ0n) is 11.8. The van der Waals surface area contributed by atoms with Gasteiger partial charge >= 0.3 is 0 Å². The average Bonchev–Trinajstić information content (AvgIpc) is 3.30. The van der Waals surface area contributed by atoms with E-state index in [4.69, 9.17) is 0 Å². The number of amides is 2. The molecular weight excluding hydrogens is 271 g/mol. The largest absolute Gasteiger partial charge is 0.347 e. The summed E-state index contributed by atoms with van der Waals surface area (Å²) in [5, 5.41) is 2.63. The van der Waals surface area contributed by atoms with Gasteiger partial charge in [-0.15, -0.1) is 6.58 Å². The number of nitrogens with one attached hydrogen (secondary N) is 1. The first-order chi connectivity index (χ1) is 10.1. The highest BCUT2D eigenvalue weighted by Gasteiger charge is 2.29. The van der Waals surface area contributed by atoms with Gasteiger partial charge < -0.3 is 10.2 Å². The van der Waals surface area contributed by atoms with Crippen LogP contribution in [0.3, 0.4) is 0 Å². The van der Waals surface area contributed by atoms with Crippen LogP contribution < -0.4 is 5.32 Å². The van der Waals surface area contributed by atoms with Gasteiger partial charge in [0.05, 0.1) is 6.54 Å². The Bertz CT molecular complexity index is 541. The lowest BCUT2D eigenvalue weighted by atomic mass is 10.2. The zero-order valence-corrected chi connectivity index (χ0v) is 11.8. The SMILES string of the molecule is C=CCN(Cc1ccccc1F)C(=O)CNC(=O)C1CC1. The van der Waals surface area contributed by atoms with Gasteiger partial charge in [-0.1, -0.05) is 24.3 Å². The van der Waals surface area contributed by atoms with Crippen molar-refractivity contribution in [2.75, 3.05) is 13.1 Å². The predicted molar refractivity (Wildman–Crippen MR) is 77.7 cm³/mol. The first-order valence-corrected chi connectivity index (χ1v) is 7.01. The molecule has 0 aliphatic heterocycles. The third-order valence-corrected chi connectivity index (χ3v) is 3.38. The molecule has 1 fully saturated rings. The van der Waals surface area contributed by atoms with Crippen molar-refractivity contribution in [2.24, 2.45) is 5.92 Å². The van der Waals surface area contributed by atoms with Crippen LogP contribution in [0.2, 0.25) is 0 Å². The molecule has 0 radical (unpaired) electrons. The van der Waals surface area contributed by atoms with Crippen LogP contribution in [0.25, 0.3) is 0 Å². The number of nitrogens with zero attached hydrogens (tertiary/aromatic N) is 1. The van der Waals surface area contributed by atoms with E-state index < -0.39 is 0 Å². The topological polar surface area (TPSA) is 49.4 Å². The molecule has 1 aromatic carbocycles. The average molecular weight is 290 g/mol. The Morgan fingerprint density at radius 3 is 2.71 bits per heavy atom. The fourth-order valence-electron chi connectivity index (χ4n) is 2.01. The number of halogens is 1. The molecule has 2 amide bonds. The molecule has 2 rings (SSSR count). The van der Waals surface area contributed by atoms with E-state index in [1.807, 2.05) is 0 Å². The van der Waals surface area contributed by atoms with Crippen molar-refractivity contribution in [2.45, 2.75) is 19.4 Å². The number of carbonyl (C=O) groups is 2. The molecule has 0 heterocycles. The molecule has 1 aliphatic rings. The number of hydrogen-bond acceptors (Lipinski definition) is 2. The van der Waals surface area contributed by atoms with E-state index >= 15 is 0 Å². The number of carbonyl (C=O) groups excluding carboxylic acids is 2. The molecule has 0 atom stereocenters. The summed E-state index contributed by atoms with van der Waals surface area (Å²) in [5.74, 6) is -0.599. The van der Waals surface area contributed by atoms with Gasteiger partial charge in [0.1, 0.15) is 5.82 Å². The molecule has 112 valence electrons. The van der Waals surface area contributed by atoms with E-state index in [-0.39, 0.29) is 36.6 Å². The summed E-state index contributed by atoms with van der Waals surface area (Å²) in [6.07, 6.45) is 3.37. The summed E-state index contributed by atoms with van der Waals surface area (Å²) in [6.45, 7) is 4.02. The van der Waals surface area contributed by atoms with Gasteiger partial charge in [0.25, 0.3) is 0 Å². The number of rotatable bonds is 7. The summed E-state index contributed by atoms with van der Waals surface area (Å²) in [7, 11) is 0. The van der Waals surface area contributed by atoms with Crippen molar-refractivity contribution >= 4 is 11.8 Å². The Morgan fingerprint density at radius 1 is 1.38 bits per heavy atom. The minimum atomic E-state index is -0.346. The fraction of sp³-hybridized carbons (Fsp3) is 0.375. The van der Waals surface area contributed by atoms with Crippen molar-refractivity contribution in [1.82, 2.24) is 10.2 Å². The Labute approximate surface area is 123 Å². The van der Waals surface area contributed by atoms with E-state index in [1.54, 1.807) is 24.3 Å². The highest BCUT2D eigenvalue weighted by Crippen LogP contribution is 2.28. The molecule has 0 aromatic heterocycles. The van der Waals surface area contributed by atoms with Crippen LogP contribution in [0, 0.1) is 11.7 Å². The third kappa shape index (κ3) is 4.41. The summed E-state index contributed by atoms with van der Waals surface area (Å²) < 4.78 is 13.6. The minimum Gasteiger partial charge on any atom is -0.347 e. The lowest BCUT2D eigenvalue weighted by molar-refractivity contribution is -0.133. The predicted octanol–water partition coefficient (Wildman–Crippen LogP) is 1.87. The van der Waals surface area contributed by atoms with Gasteiger partial charge in [0.15, 0.2) is 0 Å². The normalized spacial score (nSPS) is 13.6. The number of benzene rings is 1. The Kier molecular flexibility index (Phi) is 5.09. The second-order valence-electron chi connectivity index (χ2n) is 5.15. The smallest absolute Gasteiger partial charge is 0.242 e. The molecule has 4 nitrogen and oxygen atoms in total. The highest BCUT2D eigenvalue weighted by atomic mass is 19.1. The fourth-order valence-corrected chi connectivity index (χ4v) is 2.01. The van der Waals surface area contributed by atoms with Gasteiger partial charge in [-0.2, -0.15) is 0 Å². The molecule has 1 saturated carbocycles. The van der Waals surface area contributed by atoms with Crippen molar-refractivity contribution in [3.05, 3.63) is 48.3 Å². The Hall–Kier alpha value is -2.17. The third-order valence-electron chi connectivity index (χ3n) is 3.38. The Morgan fingerprint density at radius 2 is 2.10 bits per heavy atom. The molecule has 1 N–H and O–H groups in total. The van der Waals surface area contributed by atoms with E-state index in [0.29, 0.717) is 12.1 Å². The van der Waals surface area contributed by atoms with Crippen LogP contribution >= 0.6 is 0 Å². The van der Waals surface area contributed by atoms with Crippen molar-refractivity contribution in [1.29, 1.82) is 0 Å². The molecule has 5 heteroatoms. The van der Waals surface area contributed by atoms with Gasteiger partial charge in [0.2, 0.25) is 11.8 Å². The first-order valence-electron chi connectivity index (χ1n) is 7.01. The maximum Gasteiger partial charge on any atom is 0.242 e. The zero-order chi connectivity index (χ0) is 15.2. The maximum absolute atomic E-state index is 13.6. The highest BCUT2D eigenvalue weighted by molar-refractivity contribution is 5.87. The molecule has 0 spiro atoms. The van der Waals surface area contributed by atoms with Crippen LogP contribution in [0.4, 0.5) is 4.39 Å². The second kappa shape index (κ2) is 7.02. The monoisotopic (exact) mass is 290 g/mol. The minimum absolute atomic E-state index is 0.0579. The first kappa shape index (κ1) is 15.2. The summed E-state index contributed by atoms with van der Waals surface area (Å²) in [5.41, 5.74) is 0.446. The van der Waals surface area contributed by atoms with E-state index in [1.165, 1.54) is 11.0 Å². The summed E-state index contributed by atoms with van der Waals surface area (Å²) in [4.78, 5) is 25.1. The van der Waals surface area contributed by atoms with E-state index in [0.717, 1.165) is 12.8 Å². The molecule has 0 saturated heterocycles. The molecule has 21 heavy (non-hydrogen) atoms. The van der Waals surface area contributed by atoms with Crippen LogP contribution in [-0.2, 0) is 16.1 Å². The van der Waals surface area contributed by atoms with Crippen molar-refractivity contribution < 1.29 is 14.0 Å². The molecular formula is C16H19FN2O2. The standard InChI is InChI=1S/C16H19FN2O2/c1-2-9-19(11-13-5-3-4-6-14(13)17)15(20)10-18-16(21)12-7-8-12/h2-6,12H,1,7-11H2,(H,18,21). The van der Waals surface area contributed by atoms with E-state index in [2.05, 4.69) is 11.9 Å². The molecule has 0 unspecified atom stereocenters. The molecule has 0 bridgehead atoms.